The van der Waals surface area contributed by atoms with E-state index in [4.69, 9.17) is 34.8 Å². The smallest absolute Gasteiger partial charge is 0.255 e. The Hall–Kier alpha value is -1.29. The summed E-state index contributed by atoms with van der Waals surface area (Å²) in [7, 11) is 0. The zero-order chi connectivity index (χ0) is 14.7. The minimum Gasteiger partial charge on any atom is -0.322 e. The Labute approximate surface area is 131 Å². The Morgan fingerprint density at radius 2 is 1.75 bits per heavy atom. The molecule has 2 rings (SSSR count). The molecular formula is C14H11Cl3N2O. The van der Waals surface area contributed by atoms with Gasteiger partial charge in [0.2, 0.25) is 0 Å². The summed E-state index contributed by atoms with van der Waals surface area (Å²) >= 11 is 17.7. The van der Waals surface area contributed by atoms with Crippen LogP contribution in [0.4, 0.5) is 5.69 Å². The number of carbonyl (C=O) groups is 1. The van der Waals surface area contributed by atoms with E-state index in [2.05, 4.69) is 10.3 Å². The molecule has 0 saturated carbocycles. The van der Waals surface area contributed by atoms with Crippen LogP contribution in [0.1, 0.15) is 23.0 Å². The third-order valence-corrected chi connectivity index (χ3v) is 3.22. The number of amides is 1. The lowest BCUT2D eigenvalue weighted by Gasteiger charge is -2.08. The van der Waals surface area contributed by atoms with Gasteiger partial charge in [-0.2, -0.15) is 0 Å². The van der Waals surface area contributed by atoms with Crippen LogP contribution >= 0.6 is 34.8 Å². The average molecular weight is 330 g/mol. The molecule has 20 heavy (non-hydrogen) atoms. The van der Waals surface area contributed by atoms with E-state index in [1.807, 2.05) is 6.92 Å². The van der Waals surface area contributed by atoms with Crippen LogP contribution in [0.15, 0.2) is 30.3 Å². The Kier molecular flexibility index (Phi) is 4.86. The maximum atomic E-state index is 12.2. The normalized spacial score (nSPS) is 10.4. The van der Waals surface area contributed by atoms with Gasteiger partial charge < -0.3 is 5.32 Å². The first kappa shape index (κ1) is 15.1. The zero-order valence-corrected chi connectivity index (χ0v) is 12.9. The molecule has 2 aromatic rings. The SMILES string of the molecule is CCc1cc(C(=O)Nc2cc(Cl)cc(Cl)c2)cc(Cl)n1. The number of hydrogen-bond donors (Lipinski definition) is 1. The van der Waals surface area contributed by atoms with Gasteiger partial charge in [-0.25, -0.2) is 4.98 Å². The topological polar surface area (TPSA) is 42.0 Å². The Morgan fingerprint density at radius 3 is 2.35 bits per heavy atom. The van der Waals surface area contributed by atoms with Crippen LogP contribution in [0.3, 0.4) is 0 Å². The Bertz CT molecular complexity index is 639. The minimum atomic E-state index is -0.290. The number of hydrogen-bond acceptors (Lipinski definition) is 2. The van der Waals surface area contributed by atoms with Crippen LogP contribution in [0.5, 0.6) is 0 Å². The largest absolute Gasteiger partial charge is 0.322 e. The first-order valence-corrected chi connectivity index (χ1v) is 7.05. The van der Waals surface area contributed by atoms with E-state index in [0.717, 1.165) is 5.69 Å². The number of benzene rings is 1. The van der Waals surface area contributed by atoms with Crippen molar-refractivity contribution >= 4 is 46.4 Å². The molecule has 0 fully saturated rings. The molecule has 6 heteroatoms. The van der Waals surface area contributed by atoms with Gasteiger partial charge in [-0.15, -0.1) is 0 Å². The van der Waals surface area contributed by atoms with Gasteiger partial charge in [-0.3, -0.25) is 4.79 Å². The number of aromatic nitrogens is 1. The molecule has 0 unspecified atom stereocenters. The highest BCUT2D eigenvalue weighted by atomic mass is 35.5. The van der Waals surface area contributed by atoms with Crippen molar-refractivity contribution in [2.75, 3.05) is 5.32 Å². The van der Waals surface area contributed by atoms with Crippen LogP contribution in [0.2, 0.25) is 15.2 Å². The number of pyridine rings is 1. The molecule has 1 amide bonds. The lowest BCUT2D eigenvalue weighted by Crippen LogP contribution is -2.12. The number of halogens is 3. The third kappa shape index (κ3) is 3.85. The molecule has 1 aromatic heterocycles. The van der Waals surface area contributed by atoms with Crippen molar-refractivity contribution in [1.82, 2.24) is 4.98 Å². The second kappa shape index (κ2) is 6.44. The van der Waals surface area contributed by atoms with E-state index in [-0.39, 0.29) is 5.91 Å². The fourth-order valence-electron chi connectivity index (χ4n) is 1.69. The number of nitrogens with zero attached hydrogens (tertiary/aromatic N) is 1. The summed E-state index contributed by atoms with van der Waals surface area (Å²) in [5.41, 5.74) is 1.73. The molecule has 0 aliphatic rings. The van der Waals surface area contributed by atoms with Crippen molar-refractivity contribution in [1.29, 1.82) is 0 Å². The lowest BCUT2D eigenvalue weighted by molar-refractivity contribution is 0.102. The summed E-state index contributed by atoms with van der Waals surface area (Å²) in [6.45, 7) is 1.94. The number of carbonyl (C=O) groups excluding carboxylic acids is 1. The fraction of sp³-hybridized carbons (Fsp3) is 0.143. The van der Waals surface area contributed by atoms with Crippen molar-refractivity contribution in [2.45, 2.75) is 13.3 Å². The third-order valence-electron chi connectivity index (χ3n) is 2.59. The van der Waals surface area contributed by atoms with Crippen molar-refractivity contribution in [2.24, 2.45) is 0 Å². The Morgan fingerprint density at radius 1 is 1.10 bits per heavy atom. The maximum absolute atomic E-state index is 12.2. The molecule has 0 bridgehead atoms. The van der Waals surface area contributed by atoms with Gasteiger partial charge in [0.15, 0.2) is 0 Å². The molecule has 3 nitrogen and oxygen atoms in total. The average Bonchev–Trinajstić information content (AvgIpc) is 2.36. The van der Waals surface area contributed by atoms with Gasteiger partial charge in [0.05, 0.1) is 0 Å². The van der Waals surface area contributed by atoms with Crippen LogP contribution in [0, 0.1) is 0 Å². The van der Waals surface area contributed by atoms with Crippen molar-refractivity contribution in [3.8, 4) is 0 Å². The predicted octanol–water partition coefficient (Wildman–Crippen LogP) is 4.86. The molecule has 0 radical (unpaired) electrons. The number of rotatable bonds is 3. The summed E-state index contributed by atoms with van der Waals surface area (Å²) in [5, 5.41) is 3.92. The van der Waals surface area contributed by atoms with Crippen molar-refractivity contribution < 1.29 is 4.79 Å². The summed E-state index contributed by atoms with van der Waals surface area (Å²) < 4.78 is 0. The van der Waals surface area contributed by atoms with E-state index in [9.17, 15) is 4.79 Å². The van der Waals surface area contributed by atoms with Gasteiger partial charge in [-0.05, 0) is 36.8 Å². The summed E-state index contributed by atoms with van der Waals surface area (Å²) in [4.78, 5) is 16.3. The Balaban J connectivity index is 2.25. The second-order valence-corrected chi connectivity index (χ2v) is 5.40. The molecule has 0 aliphatic heterocycles. The lowest BCUT2D eigenvalue weighted by atomic mass is 10.2. The standard InChI is InChI=1S/C14H11Cl3N2O/c1-2-11-3-8(4-13(17)18-11)14(20)19-12-6-9(15)5-10(16)7-12/h3-7H,2H2,1H3,(H,19,20). The molecule has 0 saturated heterocycles. The molecule has 0 spiro atoms. The predicted molar refractivity (Wildman–Crippen MR) is 83.0 cm³/mol. The van der Waals surface area contributed by atoms with E-state index in [1.54, 1.807) is 24.3 Å². The highest BCUT2D eigenvalue weighted by Gasteiger charge is 2.10. The van der Waals surface area contributed by atoms with E-state index < -0.39 is 0 Å². The molecule has 104 valence electrons. The fourth-order valence-corrected chi connectivity index (χ4v) is 2.44. The van der Waals surface area contributed by atoms with Crippen LogP contribution < -0.4 is 5.32 Å². The van der Waals surface area contributed by atoms with Gasteiger partial charge in [-0.1, -0.05) is 41.7 Å². The van der Waals surface area contributed by atoms with E-state index in [0.29, 0.717) is 32.9 Å². The number of nitrogens with one attached hydrogen (secondary N) is 1. The van der Waals surface area contributed by atoms with E-state index >= 15 is 0 Å². The van der Waals surface area contributed by atoms with Gasteiger partial charge in [0, 0.05) is 27.0 Å². The summed E-state index contributed by atoms with van der Waals surface area (Å²) in [6, 6.07) is 8.05. The maximum Gasteiger partial charge on any atom is 0.255 e. The van der Waals surface area contributed by atoms with Crippen LogP contribution in [-0.2, 0) is 6.42 Å². The first-order valence-electron chi connectivity index (χ1n) is 5.92. The number of anilines is 1. The molecule has 1 heterocycles. The first-order chi connectivity index (χ1) is 9.47. The quantitative estimate of drug-likeness (QED) is 0.817. The molecule has 0 aliphatic carbocycles. The summed E-state index contributed by atoms with van der Waals surface area (Å²) in [5.74, 6) is -0.290. The van der Waals surface area contributed by atoms with Crippen LogP contribution in [-0.4, -0.2) is 10.9 Å². The minimum absolute atomic E-state index is 0.290. The highest BCUT2D eigenvalue weighted by molar-refractivity contribution is 6.35. The van der Waals surface area contributed by atoms with Gasteiger partial charge in [0.25, 0.3) is 5.91 Å². The van der Waals surface area contributed by atoms with Crippen molar-refractivity contribution in [3.05, 3.63) is 56.8 Å². The second-order valence-electron chi connectivity index (χ2n) is 4.14. The monoisotopic (exact) mass is 328 g/mol. The van der Waals surface area contributed by atoms with Crippen molar-refractivity contribution in [3.63, 3.8) is 0 Å². The molecule has 0 atom stereocenters. The summed E-state index contributed by atoms with van der Waals surface area (Å²) in [6.07, 6.45) is 0.698. The van der Waals surface area contributed by atoms with E-state index in [1.165, 1.54) is 6.07 Å². The zero-order valence-electron chi connectivity index (χ0n) is 10.6. The number of aryl methyl sites for hydroxylation is 1. The van der Waals surface area contributed by atoms with Gasteiger partial charge >= 0.3 is 0 Å². The molecule has 1 N–H and O–H groups in total. The van der Waals surface area contributed by atoms with Crippen LogP contribution in [0.25, 0.3) is 0 Å². The molecular weight excluding hydrogens is 319 g/mol. The van der Waals surface area contributed by atoms with Gasteiger partial charge in [0.1, 0.15) is 5.15 Å². The molecule has 1 aromatic carbocycles. The highest BCUT2D eigenvalue weighted by Crippen LogP contribution is 2.23.